The molecule has 94 valence electrons. The van der Waals surface area contributed by atoms with Crippen LogP contribution in [0.5, 0.6) is 0 Å². The van der Waals surface area contributed by atoms with Gasteiger partial charge in [0.15, 0.2) is 0 Å². The maximum absolute atomic E-state index is 12.1. The molecule has 1 fully saturated rings. The number of carbonyl (C=O) groups is 1. The molecular formula is C13H21N3O. The standard InChI is InChI=1S/C13H21N3O/c1-13(7-3-4-8-15-13)12(17)14-10-11-6-5-9-16(11)2/h5-6,9,15H,3-4,7-8,10H2,1-2H3,(H,14,17). The number of aromatic nitrogens is 1. The van der Waals surface area contributed by atoms with Crippen molar-refractivity contribution in [1.29, 1.82) is 0 Å². The number of amides is 1. The van der Waals surface area contributed by atoms with E-state index in [1.165, 1.54) is 6.42 Å². The molecule has 2 heterocycles. The summed E-state index contributed by atoms with van der Waals surface area (Å²) in [5, 5.41) is 6.33. The molecular weight excluding hydrogens is 214 g/mol. The molecule has 0 spiro atoms. The molecule has 1 amide bonds. The van der Waals surface area contributed by atoms with Crippen LogP contribution in [0.3, 0.4) is 0 Å². The minimum atomic E-state index is -0.386. The predicted octanol–water partition coefficient (Wildman–Crippen LogP) is 1.17. The number of hydrogen-bond acceptors (Lipinski definition) is 2. The summed E-state index contributed by atoms with van der Waals surface area (Å²) in [5.41, 5.74) is 0.737. The lowest BCUT2D eigenvalue weighted by Crippen LogP contribution is -2.56. The number of hydrogen-bond donors (Lipinski definition) is 2. The molecule has 1 atom stereocenters. The average Bonchev–Trinajstić information content (AvgIpc) is 2.73. The van der Waals surface area contributed by atoms with E-state index in [1.54, 1.807) is 0 Å². The molecule has 0 aromatic carbocycles. The Morgan fingerprint density at radius 1 is 1.59 bits per heavy atom. The summed E-state index contributed by atoms with van der Waals surface area (Å²) in [5.74, 6) is 0.110. The van der Waals surface area contributed by atoms with Gasteiger partial charge in [-0.25, -0.2) is 0 Å². The fourth-order valence-electron chi connectivity index (χ4n) is 2.30. The summed E-state index contributed by atoms with van der Waals surface area (Å²) in [7, 11) is 1.99. The van der Waals surface area contributed by atoms with Gasteiger partial charge in [0.1, 0.15) is 0 Å². The number of piperidine rings is 1. The quantitative estimate of drug-likeness (QED) is 0.826. The summed E-state index contributed by atoms with van der Waals surface area (Å²) >= 11 is 0. The van der Waals surface area contributed by atoms with Crippen molar-refractivity contribution < 1.29 is 4.79 Å². The van der Waals surface area contributed by atoms with Crippen molar-refractivity contribution in [3.05, 3.63) is 24.0 Å². The summed E-state index contributed by atoms with van der Waals surface area (Å²) in [6.07, 6.45) is 5.20. The second-order valence-electron chi connectivity index (χ2n) is 5.01. The van der Waals surface area contributed by atoms with Crippen LogP contribution < -0.4 is 10.6 Å². The largest absolute Gasteiger partial charge is 0.353 e. The van der Waals surface area contributed by atoms with Crippen LogP contribution in [0.25, 0.3) is 0 Å². The SMILES string of the molecule is Cn1cccc1CNC(=O)C1(C)CCCCN1. The highest BCUT2D eigenvalue weighted by Gasteiger charge is 2.33. The fourth-order valence-corrected chi connectivity index (χ4v) is 2.30. The van der Waals surface area contributed by atoms with E-state index in [4.69, 9.17) is 0 Å². The summed E-state index contributed by atoms with van der Waals surface area (Å²) in [6, 6.07) is 4.01. The number of aryl methyl sites for hydroxylation is 1. The second kappa shape index (κ2) is 4.92. The fraction of sp³-hybridized carbons (Fsp3) is 0.615. The van der Waals surface area contributed by atoms with Crippen molar-refractivity contribution in [2.75, 3.05) is 6.54 Å². The van der Waals surface area contributed by atoms with Gasteiger partial charge in [-0.1, -0.05) is 0 Å². The average molecular weight is 235 g/mol. The van der Waals surface area contributed by atoms with Crippen LogP contribution >= 0.6 is 0 Å². The number of nitrogens with one attached hydrogen (secondary N) is 2. The van der Waals surface area contributed by atoms with E-state index in [0.717, 1.165) is 25.1 Å². The molecule has 0 bridgehead atoms. The predicted molar refractivity (Wildman–Crippen MR) is 67.5 cm³/mol. The van der Waals surface area contributed by atoms with Gasteiger partial charge in [-0.15, -0.1) is 0 Å². The smallest absolute Gasteiger partial charge is 0.240 e. The van der Waals surface area contributed by atoms with Crippen LogP contribution in [0.1, 0.15) is 31.9 Å². The Morgan fingerprint density at radius 2 is 2.41 bits per heavy atom. The van der Waals surface area contributed by atoms with Crippen molar-refractivity contribution in [3.63, 3.8) is 0 Å². The first-order valence-electron chi connectivity index (χ1n) is 6.25. The van der Waals surface area contributed by atoms with Gasteiger partial charge in [-0.3, -0.25) is 4.79 Å². The first-order valence-corrected chi connectivity index (χ1v) is 6.25. The summed E-state index contributed by atoms with van der Waals surface area (Å²) in [6.45, 7) is 3.53. The van der Waals surface area contributed by atoms with E-state index >= 15 is 0 Å². The molecule has 0 saturated carbocycles. The third kappa shape index (κ3) is 2.69. The van der Waals surface area contributed by atoms with Crippen molar-refractivity contribution in [3.8, 4) is 0 Å². The first kappa shape index (κ1) is 12.2. The van der Waals surface area contributed by atoms with Crippen LogP contribution in [-0.4, -0.2) is 22.6 Å². The minimum absolute atomic E-state index is 0.110. The Hall–Kier alpha value is -1.29. The van der Waals surface area contributed by atoms with Gasteiger partial charge < -0.3 is 15.2 Å². The zero-order chi connectivity index (χ0) is 12.3. The molecule has 1 aliphatic heterocycles. The number of carbonyl (C=O) groups excluding carboxylic acids is 1. The molecule has 1 aliphatic rings. The summed E-state index contributed by atoms with van der Waals surface area (Å²) < 4.78 is 2.02. The zero-order valence-electron chi connectivity index (χ0n) is 10.6. The number of rotatable bonds is 3. The molecule has 0 radical (unpaired) electrons. The highest BCUT2D eigenvalue weighted by Crippen LogP contribution is 2.18. The second-order valence-corrected chi connectivity index (χ2v) is 5.01. The van der Waals surface area contributed by atoms with Crippen molar-refractivity contribution in [1.82, 2.24) is 15.2 Å². The van der Waals surface area contributed by atoms with Gasteiger partial charge in [0.25, 0.3) is 0 Å². The van der Waals surface area contributed by atoms with Gasteiger partial charge >= 0.3 is 0 Å². The van der Waals surface area contributed by atoms with Crippen LogP contribution in [0, 0.1) is 0 Å². The van der Waals surface area contributed by atoms with E-state index < -0.39 is 0 Å². The lowest BCUT2D eigenvalue weighted by atomic mass is 9.90. The van der Waals surface area contributed by atoms with Crippen molar-refractivity contribution in [2.45, 2.75) is 38.3 Å². The van der Waals surface area contributed by atoms with Crippen LogP contribution in [0.15, 0.2) is 18.3 Å². The normalized spacial score (nSPS) is 24.6. The molecule has 2 rings (SSSR count). The summed E-state index contributed by atoms with van der Waals surface area (Å²) in [4.78, 5) is 12.1. The zero-order valence-corrected chi connectivity index (χ0v) is 10.6. The van der Waals surface area contributed by atoms with Crippen LogP contribution in [-0.2, 0) is 18.4 Å². The molecule has 1 aromatic rings. The lowest BCUT2D eigenvalue weighted by Gasteiger charge is -2.33. The van der Waals surface area contributed by atoms with Gasteiger partial charge in [0.2, 0.25) is 5.91 Å². The van der Waals surface area contributed by atoms with E-state index in [9.17, 15) is 4.79 Å². The first-order chi connectivity index (χ1) is 8.12. The van der Waals surface area contributed by atoms with E-state index in [-0.39, 0.29) is 11.4 Å². The molecule has 1 unspecified atom stereocenters. The highest BCUT2D eigenvalue weighted by molar-refractivity contribution is 5.85. The van der Waals surface area contributed by atoms with Gasteiger partial charge in [0, 0.05) is 18.9 Å². The Labute approximate surface area is 102 Å². The van der Waals surface area contributed by atoms with Crippen molar-refractivity contribution >= 4 is 5.91 Å². The molecule has 2 N–H and O–H groups in total. The minimum Gasteiger partial charge on any atom is -0.353 e. The third-order valence-corrected chi connectivity index (χ3v) is 3.60. The third-order valence-electron chi connectivity index (χ3n) is 3.60. The monoisotopic (exact) mass is 235 g/mol. The van der Waals surface area contributed by atoms with E-state index in [0.29, 0.717) is 6.54 Å². The lowest BCUT2D eigenvalue weighted by molar-refractivity contribution is -0.128. The van der Waals surface area contributed by atoms with Gasteiger partial charge in [0.05, 0.1) is 12.1 Å². The van der Waals surface area contributed by atoms with Crippen LogP contribution in [0.2, 0.25) is 0 Å². The Kier molecular flexibility index (Phi) is 3.52. The Morgan fingerprint density at radius 3 is 3.00 bits per heavy atom. The molecule has 1 saturated heterocycles. The molecule has 4 nitrogen and oxygen atoms in total. The van der Waals surface area contributed by atoms with Crippen LogP contribution in [0.4, 0.5) is 0 Å². The highest BCUT2D eigenvalue weighted by atomic mass is 16.2. The molecule has 0 aliphatic carbocycles. The molecule has 4 heteroatoms. The Bertz CT molecular complexity index is 391. The van der Waals surface area contributed by atoms with E-state index in [2.05, 4.69) is 10.6 Å². The number of nitrogens with zero attached hydrogens (tertiary/aromatic N) is 1. The van der Waals surface area contributed by atoms with Gasteiger partial charge in [-0.05, 0) is 44.9 Å². The topological polar surface area (TPSA) is 46.1 Å². The molecule has 17 heavy (non-hydrogen) atoms. The maximum atomic E-state index is 12.1. The Balaban J connectivity index is 1.91. The van der Waals surface area contributed by atoms with E-state index in [1.807, 2.05) is 36.9 Å². The van der Waals surface area contributed by atoms with Crippen molar-refractivity contribution in [2.24, 2.45) is 7.05 Å². The molecule has 1 aromatic heterocycles. The maximum Gasteiger partial charge on any atom is 0.240 e. The van der Waals surface area contributed by atoms with Gasteiger partial charge in [-0.2, -0.15) is 0 Å².